The highest BCUT2D eigenvalue weighted by molar-refractivity contribution is 7.92. The first-order chi connectivity index (χ1) is 12.9. The monoisotopic (exact) mass is 418 g/mol. The van der Waals surface area contributed by atoms with Crippen LogP contribution < -0.4 is 11.0 Å². The first kappa shape index (κ1) is 21.6. The summed E-state index contributed by atoms with van der Waals surface area (Å²) in [6.45, 7) is 0.704. The highest BCUT2D eigenvalue weighted by Crippen LogP contribution is 2.25. The van der Waals surface area contributed by atoms with Gasteiger partial charge in [0.25, 0.3) is 11.5 Å². The van der Waals surface area contributed by atoms with Gasteiger partial charge >= 0.3 is 0 Å². The van der Waals surface area contributed by atoms with Gasteiger partial charge in [-0.2, -0.15) is 0 Å². The summed E-state index contributed by atoms with van der Waals surface area (Å²) in [5.74, 6) is -4.46. The Bertz CT molecular complexity index is 1080. The number of hydrogen-bond donors (Lipinski definition) is 2. The largest absolute Gasteiger partial charge is 0.312 e. The third-order valence-electron chi connectivity index (χ3n) is 4.54. The fourth-order valence-electron chi connectivity index (χ4n) is 2.52. The Labute approximate surface area is 158 Å². The van der Waals surface area contributed by atoms with Gasteiger partial charge in [-0.15, -0.1) is 0 Å². The van der Waals surface area contributed by atoms with Gasteiger partial charge in [-0.25, -0.2) is 27.1 Å². The van der Waals surface area contributed by atoms with Gasteiger partial charge in [0.05, 0.1) is 0 Å². The van der Waals surface area contributed by atoms with Crippen LogP contribution in [0.25, 0.3) is 11.1 Å². The van der Waals surface area contributed by atoms with Crippen molar-refractivity contribution in [3.8, 4) is 11.1 Å². The van der Waals surface area contributed by atoms with Crippen molar-refractivity contribution in [3.05, 3.63) is 58.3 Å². The van der Waals surface area contributed by atoms with E-state index in [9.17, 15) is 31.2 Å². The Morgan fingerprint density at radius 1 is 1.18 bits per heavy atom. The second-order valence-corrected chi connectivity index (χ2v) is 8.83. The molecule has 2 rings (SSSR count). The molecule has 152 valence electrons. The minimum atomic E-state index is -3.99. The smallest absolute Gasteiger partial charge is 0.264 e. The van der Waals surface area contributed by atoms with E-state index in [1.165, 1.54) is 5.48 Å². The number of carbonyl (C=O) groups is 1. The number of hydroxylamine groups is 1. The second kappa shape index (κ2) is 7.76. The molecule has 0 saturated carbocycles. The Morgan fingerprint density at radius 3 is 2.36 bits per heavy atom. The molecule has 1 aromatic carbocycles. The zero-order valence-electron chi connectivity index (χ0n) is 14.9. The zero-order valence-corrected chi connectivity index (χ0v) is 15.7. The number of rotatable bonds is 6. The Balaban J connectivity index is 2.38. The molecule has 0 fully saturated rings. The van der Waals surface area contributed by atoms with E-state index in [2.05, 4.69) is 0 Å². The normalized spacial score (nSPS) is 13.8. The summed E-state index contributed by atoms with van der Waals surface area (Å²) in [5.41, 5.74) is 0.201. The minimum Gasteiger partial charge on any atom is -0.312 e. The van der Waals surface area contributed by atoms with E-state index >= 15 is 0 Å². The van der Waals surface area contributed by atoms with Crippen molar-refractivity contribution in [2.45, 2.75) is 24.6 Å². The van der Waals surface area contributed by atoms with Crippen molar-refractivity contribution in [3.63, 3.8) is 0 Å². The molecule has 1 heterocycles. The van der Waals surface area contributed by atoms with Gasteiger partial charge in [0.15, 0.2) is 26.2 Å². The van der Waals surface area contributed by atoms with E-state index in [1.54, 1.807) is 0 Å². The number of aryl methyl sites for hydroxylation is 1. The van der Waals surface area contributed by atoms with Gasteiger partial charge < -0.3 is 4.57 Å². The van der Waals surface area contributed by atoms with E-state index in [0.717, 1.165) is 48.2 Å². The van der Waals surface area contributed by atoms with Crippen molar-refractivity contribution < 1.29 is 31.6 Å². The zero-order chi connectivity index (χ0) is 21.3. The van der Waals surface area contributed by atoms with Gasteiger partial charge in [0.1, 0.15) is 5.82 Å². The van der Waals surface area contributed by atoms with Gasteiger partial charge in [0, 0.05) is 30.6 Å². The average Bonchev–Trinajstić information content (AvgIpc) is 2.62. The minimum absolute atomic E-state index is 0.0544. The second-order valence-electron chi connectivity index (χ2n) is 6.39. The average molecular weight is 418 g/mol. The lowest BCUT2D eigenvalue weighted by Crippen LogP contribution is -2.50. The highest BCUT2D eigenvalue weighted by atomic mass is 32.2. The molecular formula is C17H17F3N2O5S. The molecule has 7 nitrogen and oxygen atoms in total. The molecule has 0 aliphatic heterocycles. The van der Waals surface area contributed by atoms with Crippen LogP contribution in [0.2, 0.25) is 0 Å². The number of carbonyl (C=O) groups excluding carboxylic acids is 1. The molecule has 1 aromatic heterocycles. The summed E-state index contributed by atoms with van der Waals surface area (Å²) in [6, 6.07) is 3.49. The van der Waals surface area contributed by atoms with E-state index in [0.29, 0.717) is 0 Å². The van der Waals surface area contributed by atoms with E-state index < -0.39 is 49.9 Å². The number of amides is 1. The van der Waals surface area contributed by atoms with Crippen LogP contribution in [0.1, 0.15) is 13.3 Å². The first-order valence-corrected chi connectivity index (χ1v) is 9.79. The summed E-state index contributed by atoms with van der Waals surface area (Å²) < 4.78 is 63.4. The van der Waals surface area contributed by atoms with Gasteiger partial charge in [-0.1, -0.05) is 6.07 Å². The third-order valence-corrected chi connectivity index (χ3v) is 6.56. The molecule has 0 spiro atoms. The Hall–Kier alpha value is -2.66. The molecule has 0 aliphatic carbocycles. The molecule has 0 bridgehead atoms. The van der Waals surface area contributed by atoms with Crippen LogP contribution >= 0.6 is 0 Å². The molecule has 0 radical (unpaired) electrons. The van der Waals surface area contributed by atoms with Crippen LogP contribution in [0.15, 0.2) is 35.3 Å². The van der Waals surface area contributed by atoms with Crippen LogP contribution in [0.5, 0.6) is 0 Å². The van der Waals surface area contributed by atoms with Crippen LogP contribution in [0.4, 0.5) is 13.2 Å². The molecule has 1 unspecified atom stereocenters. The van der Waals surface area contributed by atoms with Crippen molar-refractivity contribution in [2.24, 2.45) is 0 Å². The summed E-state index contributed by atoms with van der Waals surface area (Å²) >= 11 is 0. The highest BCUT2D eigenvalue weighted by Gasteiger charge is 2.43. The number of nitrogens with zero attached hydrogens (tertiary/aromatic N) is 1. The molecule has 11 heteroatoms. The number of nitrogens with one attached hydrogen (secondary N) is 1. The Kier molecular flexibility index (Phi) is 6.00. The standard InChI is InChI=1S/C17H17F3N2O5S/c1-17(16(24)21-25,28(2,26)27)5-6-22-9-14(20)11(8-15(22)23)10-3-4-12(18)13(19)7-10/h3-4,7-9,25H,5-6H2,1-2H3,(H,21,24). The predicted molar refractivity (Wildman–Crippen MR) is 93.8 cm³/mol. The maximum atomic E-state index is 14.4. The molecule has 0 aliphatic rings. The molecule has 2 aromatic rings. The SMILES string of the molecule is CC(CCn1cc(F)c(-c2ccc(F)c(F)c2)cc1=O)(C(=O)NO)S(C)(=O)=O. The maximum Gasteiger partial charge on any atom is 0.264 e. The van der Waals surface area contributed by atoms with Crippen molar-refractivity contribution in [1.29, 1.82) is 0 Å². The van der Waals surface area contributed by atoms with Crippen molar-refractivity contribution in [2.75, 3.05) is 6.26 Å². The molecule has 0 saturated heterocycles. The fraction of sp³-hybridized carbons (Fsp3) is 0.294. The van der Waals surface area contributed by atoms with Gasteiger partial charge in [-0.3, -0.25) is 14.8 Å². The number of pyridine rings is 1. The Morgan fingerprint density at radius 2 is 1.82 bits per heavy atom. The topological polar surface area (TPSA) is 105 Å². The molecule has 28 heavy (non-hydrogen) atoms. The number of benzene rings is 1. The predicted octanol–water partition coefficient (Wildman–Crippen LogP) is 1.63. The van der Waals surface area contributed by atoms with Crippen LogP contribution in [0, 0.1) is 17.5 Å². The van der Waals surface area contributed by atoms with Crippen LogP contribution in [-0.2, 0) is 21.2 Å². The summed E-state index contributed by atoms with van der Waals surface area (Å²) in [5, 5.41) is 8.78. The maximum absolute atomic E-state index is 14.4. The summed E-state index contributed by atoms with van der Waals surface area (Å²) in [6.07, 6.45) is 1.14. The number of aromatic nitrogens is 1. The van der Waals surface area contributed by atoms with Crippen molar-refractivity contribution in [1.82, 2.24) is 10.0 Å². The number of halogens is 3. The molecule has 2 N–H and O–H groups in total. The fourth-order valence-corrected chi connectivity index (χ4v) is 3.37. The number of hydrogen-bond acceptors (Lipinski definition) is 5. The molecule has 1 atom stereocenters. The third kappa shape index (κ3) is 4.09. The quantitative estimate of drug-likeness (QED) is 0.548. The molecular weight excluding hydrogens is 401 g/mol. The van der Waals surface area contributed by atoms with E-state index in [1.807, 2.05) is 0 Å². The lowest BCUT2D eigenvalue weighted by molar-refractivity contribution is -0.131. The van der Waals surface area contributed by atoms with Crippen LogP contribution in [-0.4, -0.2) is 35.1 Å². The van der Waals surface area contributed by atoms with E-state index in [-0.39, 0.29) is 17.7 Å². The van der Waals surface area contributed by atoms with E-state index in [4.69, 9.17) is 5.21 Å². The summed E-state index contributed by atoms with van der Waals surface area (Å²) in [7, 11) is -3.99. The summed E-state index contributed by atoms with van der Waals surface area (Å²) in [4.78, 5) is 24.0. The first-order valence-electron chi connectivity index (χ1n) is 7.90. The van der Waals surface area contributed by atoms with Gasteiger partial charge in [0.2, 0.25) is 0 Å². The number of sulfone groups is 1. The van der Waals surface area contributed by atoms with Gasteiger partial charge in [-0.05, 0) is 31.0 Å². The lowest BCUT2D eigenvalue weighted by atomic mass is 10.1. The molecule has 1 amide bonds. The van der Waals surface area contributed by atoms with Crippen LogP contribution in [0.3, 0.4) is 0 Å². The lowest BCUT2D eigenvalue weighted by Gasteiger charge is -2.25. The van der Waals surface area contributed by atoms with Crippen molar-refractivity contribution >= 4 is 15.7 Å².